The normalized spacial score (nSPS) is 12.4. The lowest BCUT2D eigenvalue weighted by Gasteiger charge is -2.15. The molecule has 1 aromatic heterocycles. The third-order valence-electron chi connectivity index (χ3n) is 4.57. The number of hydrogen-bond donors (Lipinski definition) is 2. The van der Waals surface area contributed by atoms with Crippen LogP contribution < -0.4 is 15.6 Å². The number of fused-ring (bicyclic) bond motifs is 1. The molecule has 0 aliphatic rings. The highest BCUT2D eigenvalue weighted by Crippen LogP contribution is 2.25. The number of aromatic nitrogens is 3. The van der Waals surface area contributed by atoms with E-state index in [1.54, 1.807) is 19.1 Å². The number of carbonyl (C=O) groups is 2. The SMILES string of the molecule is C[C@H](NC(=O)Cn1nnc2c(SCCC(=O)O)cccc2c1=O)c1ccc(OC(F)(F)F)cc1. The lowest BCUT2D eigenvalue weighted by molar-refractivity contribution is -0.274. The summed E-state index contributed by atoms with van der Waals surface area (Å²) >= 11 is 1.23. The molecule has 0 fully saturated rings. The summed E-state index contributed by atoms with van der Waals surface area (Å²) in [6.45, 7) is 1.21. The van der Waals surface area contributed by atoms with Crippen LogP contribution in [0.4, 0.5) is 13.2 Å². The van der Waals surface area contributed by atoms with E-state index >= 15 is 0 Å². The van der Waals surface area contributed by atoms with E-state index in [9.17, 15) is 27.6 Å². The fourth-order valence-electron chi connectivity index (χ4n) is 3.01. The van der Waals surface area contributed by atoms with Crippen LogP contribution in [0.3, 0.4) is 0 Å². The van der Waals surface area contributed by atoms with Gasteiger partial charge in [-0.05, 0) is 36.8 Å². The summed E-state index contributed by atoms with van der Waals surface area (Å²) in [5, 5.41) is 19.5. The lowest BCUT2D eigenvalue weighted by Crippen LogP contribution is -2.35. The molecule has 0 saturated carbocycles. The van der Waals surface area contributed by atoms with E-state index in [0.29, 0.717) is 21.7 Å². The molecule has 2 aromatic carbocycles. The molecular weight excluding hydrogens is 477 g/mol. The van der Waals surface area contributed by atoms with Gasteiger partial charge in [-0.25, -0.2) is 4.68 Å². The maximum Gasteiger partial charge on any atom is 0.573 e. The summed E-state index contributed by atoms with van der Waals surface area (Å²) in [6, 6.07) is 9.35. The average Bonchev–Trinajstić information content (AvgIpc) is 2.75. The first kappa shape index (κ1) is 25.0. The Morgan fingerprint density at radius 3 is 2.56 bits per heavy atom. The molecule has 0 saturated heterocycles. The van der Waals surface area contributed by atoms with Crippen molar-refractivity contribution in [1.29, 1.82) is 0 Å². The molecular formula is C21H19F3N4O5S. The van der Waals surface area contributed by atoms with Crippen LogP contribution in [-0.4, -0.2) is 44.1 Å². The lowest BCUT2D eigenvalue weighted by atomic mass is 10.1. The highest BCUT2D eigenvalue weighted by Gasteiger charge is 2.31. The van der Waals surface area contributed by atoms with E-state index < -0.39 is 36.4 Å². The molecule has 0 aliphatic heterocycles. The maximum absolute atomic E-state index is 12.8. The number of hydrogen-bond acceptors (Lipinski definition) is 7. The Balaban J connectivity index is 1.68. The zero-order valence-corrected chi connectivity index (χ0v) is 18.5. The fraction of sp³-hybridized carbons (Fsp3) is 0.286. The first-order valence-corrected chi connectivity index (χ1v) is 10.9. The van der Waals surface area contributed by atoms with Crippen LogP contribution in [-0.2, 0) is 16.1 Å². The number of nitrogens with one attached hydrogen (secondary N) is 1. The van der Waals surface area contributed by atoms with E-state index in [-0.39, 0.29) is 17.6 Å². The van der Waals surface area contributed by atoms with Gasteiger partial charge in [0.2, 0.25) is 5.91 Å². The highest BCUT2D eigenvalue weighted by atomic mass is 32.2. The molecule has 34 heavy (non-hydrogen) atoms. The van der Waals surface area contributed by atoms with E-state index in [4.69, 9.17) is 5.11 Å². The molecule has 9 nitrogen and oxygen atoms in total. The van der Waals surface area contributed by atoms with Crippen molar-refractivity contribution in [2.75, 3.05) is 5.75 Å². The van der Waals surface area contributed by atoms with Gasteiger partial charge in [-0.15, -0.1) is 30.0 Å². The third kappa shape index (κ3) is 6.70. The van der Waals surface area contributed by atoms with E-state index in [1.807, 2.05) is 0 Å². The second kappa shape index (κ2) is 10.5. The number of carboxylic acid groups (broad SMARTS) is 1. The molecule has 0 unspecified atom stereocenters. The topological polar surface area (TPSA) is 123 Å². The van der Waals surface area contributed by atoms with Crippen molar-refractivity contribution in [2.24, 2.45) is 0 Å². The van der Waals surface area contributed by atoms with Crippen molar-refractivity contribution in [3.63, 3.8) is 0 Å². The van der Waals surface area contributed by atoms with E-state index in [2.05, 4.69) is 20.4 Å². The van der Waals surface area contributed by atoms with Crippen molar-refractivity contribution in [2.45, 2.75) is 37.2 Å². The van der Waals surface area contributed by atoms with Crippen molar-refractivity contribution < 1.29 is 32.6 Å². The predicted octanol–water partition coefficient (Wildman–Crippen LogP) is 3.13. The van der Waals surface area contributed by atoms with Gasteiger partial charge in [0.05, 0.1) is 17.8 Å². The van der Waals surface area contributed by atoms with Gasteiger partial charge in [-0.3, -0.25) is 14.4 Å². The van der Waals surface area contributed by atoms with Gasteiger partial charge in [0, 0.05) is 10.6 Å². The first-order valence-electron chi connectivity index (χ1n) is 9.89. The van der Waals surface area contributed by atoms with Crippen LogP contribution in [0.1, 0.15) is 24.9 Å². The Morgan fingerprint density at radius 2 is 1.91 bits per heavy atom. The van der Waals surface area contributed by atoms with Crippen molar-refractivity contribution in [3.8, 4) is 5.75 Å². The maximum atomic E-state index is 12.8. The molecule has 0 radical (unpaired) electrons. The molecule has 1 atom stereocenters. The van der Waals surface area contributed by atoms with Crippen LogP contribution in [0, 0.1) is 0 Å². The second-order valence-electron chi connectivity index (χ2n) is 7.10. The van der Waals surface area contributed by atoms with Gasteiger partial charge in [0.1, 0.15) is 17.8 Å². The van der Waals surface area contributed by atoms with E-state index in [0.717, 1.165) is 16.8 Å². The Labute approximate surface area is 194 Å². The first-order chi connectivity index (χ1) is 16.0. The molecule has 180 valence electrons. The summed E-state index contributed by atoms with van der Waals surface area (Å²) in [4.78, 5) is 36.5. The van der Waals surface area contributed by atoms with Gasteiger partial charge in [-0.1, -0.05) is 23.4 Å². The quantitative estimate of drug-likeness (QED) is 0.433. The number of halogens is 3. The minimum absolute atomic E-state index is 0.0536. The highest BCUT2D eigenvalue weighted by molar-refractivity contribution is 7.99. The summed E-state index contributed by atoms with van der Waals surface area (Å²) in [5.74, 6) is -1.57. The second-order valence-corrected chi connectivity index (χ2v) is 8.24. The van der Waals surface area contributed by atoms with Gasteiger partial charge < -0.3 is 15.2 Å². The molecule has 2 N–H and O–H groups in total. The predicted molar refractivity (Wildman–Crippen MR) is 116 cm³/mol. The molecule has 0 aliphatic carbocycles. The minimum Gasteiger partial charge on any atom is -0.481 e. The standard InChI is InChI=1S/C21H19F3N4O5S/c1-12(13-5-7-14(8-6-13)33-21(22,23)24)25-17(29)11-28-20(32)15-3-2-4-16(19(15)26-27-28)34-10-9-18(30)31/h2-8,12H,9-11H2,1H3,(H,25,29)(H,30,31)/t12-/m0/s1. The van der Waals surface area contributed by atoms with Crippen LogP contribution in [0.5, 0.6) is 5.75 Å². The summed E-state index contributed by atoms with van der Waals surface area (Å²) < 4.78 is 41.5. The molecule has 13 heteroatoms. The van der Waals surface area contributed by atoms with Gasteiger partial charge >= 0.3 is 12.3 Å². The largest absolute Gasteiger partial charge is 0.573 e. The van der Waals surface area contributed by atoms with Crippen molar-refractivity contribution in [3.05, 3.63) is 58.4 Å². The summed E-state index contributed by atoms with van der Waals surface area (Å²) in [7, 11) is 0. The fourth-order valence-corrected chi connectivity index (χ4v) is 3.97. The number of ether oxygens (including phenoxy) is 1. The number of carboxylic acids is 1. The smallest absolute Gasteiger partial charge is 0.481 e. The Morgan fingerprint density at radius 1 is 1.21 bits per heavy atom. The molecule has 1 heterocycles. The average molecular weight is 496 g/mol. The van der Waals surface area contributed by atoms with Crippen molar-refractivity contribution in [1.82, 2.24) is 20.3 Å². The monoisotopic (exact) mass is 496 g/mol. The van der Waals surface area contributed by atoms with E-state index in [1.165, 1.54) is 30.0 Å². The number of nitrogens with zero attached hydrogens (tertiary/aromatic N) is 3. The Hall–Kier alpha value is -3.61. The number of aliphatic carboxylic acids is 1. The zero-order valence-electron chi connectivity index (χ0n) is 17.7. The van der Waals surface area contributed by atoms with Crippen LogP contribution >= 0.6 is 11.8 Å². The molecule has 3 rings (SSSR count). The number of carbonyl (C=O) groups excluding carboxylic acids is 1. The Bertz CT molecular complexity index is 1250. The number of alkyl halides is 3. The van der Waals surface area contributed by atoms with Crippen LogP contribution in [0.15, 0.2) is 52.2 Å². The number of rotatable bonds is 9. The minimum atomic E-state index is -4.80. The zero-order chi connectivity index (χ0) is 24.9. The molecule has 1 amide bonds. The molecule has 0 bridgehead atoms. The third-order valence-corrected chi connectivity index (χ3v) is 5.62. The number of amides is 1. The molecule has 3 aromatic rings. The van der Waals surface area contributed by atoms with Crippen LogP contribution in [0.2, 0.25) is 0 Å². The number of thioether (sulfide) groups is 1. The van der Waals surface area contributed by atoms with Gasteiger partial charge in [0.25, 0.3) is 5.56 Å². The summed E-state index contributed by atoms with van der Waals surface area (Å²) in [5.41, 5.74) is 0.305. The summed E-state index contributed by atoms with van der Waals surface area (Å²) in [6.07, 6.45) is -4.85. The molecule has 0 spiro atoms. The number of benzene rings is 2. The van der Waals surface area contributed by atoms with Gasteiger partial charge in [-0.2, -0.15) is 0 Å². The Kier molecular flexibility index (Phi) is 7.76. The van der Waals surface area contributed by atoms with Gasteiger partial charge in [0.15, 0.2) is 0 Å². The van der Waals surface area contributed by atoms with Crippen LogP contribution in [0.25, 0.3) is 10.9 Å². The van der Waals surface area contributed by atoms with Crippen molar-refractivity contribution >= 4 is 34.5 Å².